The first kappa shape index (κ1) is 21.1. The second kappa shape index (κ2) is 9.71. The monoisotopic (exact) mass is 404 g/mol. The molecule has 2 fully saturated rings. The van der Waals surface area contributed by atoms with Crippen LogP contribution in [0.2, 0.25) is 0 Å². The summed E-state index contributed by atoms with van der Waals surface area (Å²) in [6.45, 7) is 2.31. The fourth-order valence-corrected chi connectivity index (χ4v) is 3.85. The maximum absolute atomic E-state index is 12.7. The highest BCUT2D eigenvalue weighted by molar-refractivity contribution is 6.04. The van der Waals surface area contributed by atoms with Crippen LogP contribution < -0.4 is 20.7 Å². The molecule has 4 amide bonds. The van der Waals surface area contributed by atoms with Crippen molar-refractivity contribution < 1.29 is 23.9 Å². The summed E-state index contributed by atoms with van der Waals surface area (Å²) in [7, 11) is 3.19. The summed E-state index contributed by atoms with van der Waals surface area (Å²) in [5, 5.41) is 7.93. The van der Waals surface area contributed by atoms with Gasteiger partial charge in [-0.3, -0.25) is 14.9 Å². The van der Waals surface area contributed by atoms with Gasteiger partial charge in [-0.1, -0.05) is 12.1 Å². The van der Waals surface area contributed by atoms with Gasteiger partial charge in [-0.05, 0) is 37.9 Å². The van der Waals surface area contributed by atoms with Crippen LogP contribution in [0, 0.1) is 0 Å². The third-order valence-electron chi connectivity index (χ3n) is 5.44. The lowest BCUT2D eigenvalue weighted by Gasteiger charge is -2.38. The Morgan fingerprint density at radius 2 is 2.07 bits per heavy atom. The summed E-state index contributed by atoms with van der Waals surface area (Å²) in [4.78, 5) is 37.7. The number of piperidine rings is 1. The number of rotatable bonds is 8. The van der Waals surface area contributed by atoms with Crippen molar-refractivity contribution in [3.63, 3.8) is 0 Å². The average molecular weight is 404 g/mol. The number of carbonyl (C=O) groups excluding carboxylic acids is 3. The number of urea groups is 1. The lowest BCUT2D eigenvalue weighted by Crippen LogP contribution is -2.55. The second-order valence-electron chi connectivity index (χ2n) is 7.30. The Bertz CT molecular complexity index is 756. The van der Waals surface area contributed by atoms with Crippen LogP contribution in [0.5, 0.6) is 5.75 Å². The zero-order chi connectivity index (χ0) is 20.8. The molecule has 0 saturated carbocycles. The van der Waals surface area contributed by atoms with Crippen LogP contribution in [-0.2, 0) is 9.53 Å². The SMILES string of the molecule is COc1ccccc1C(=O)NC1CCN(CCCC2NC(=O)NC2=O)CC1OC. The van der Waals surface area contributed by atoms with Gasteiger partial charge in [-0.15, -0.1) is 0 Å². The third-order valence-corrected chi connectivity index (χ3v) is 5.44. The third kappa shape index (κ3) is 5.24. The summed E-state index contributed by atoms with van der Waals surface area (Å²) >= 11 is 0. The van der Waals surface area contributed by atoms with Crippen LogP contribution in [-0.4, -0.2) is 74.8 Å². The fourth-order valence-electron chi connectivity index (χ4n) is 3.85. The number of nitrogens with zero attached hydrogens (tertiary/aromatic N) is 1. The zero-order valence-corrected chi connectivity index (χ0v) is 16.8. The highest BCUT2D eigenvalue weighted by atomic mass is 16.5. The number of nitrogens with one attached hydrogen (secondary N) is 3. The fraction of sp³-hybridized carbons (Fsp3) is 0.550. The highest BCUT2D eigenvalue weighted by Crippen LogP contribution is 2.20. The molecule has 29 heavy (non-hydrogen) atoms. The van der Waals surface area contributed by atoms with Gasteiger partial charge in [0.05, 0.1) is 24.8 Å². The second-order valence-corrected chi connectivity index (χ2v) is 7.30. The van der Waals surface area contributed by atoms with Crippen molar-refractivity contribution in [1.29, 1.82) is 0 Å². The minimum absolute atomic E-state index is 0.0893. The predicted molar refractivity (Wildman–Crippen MR) is 106 cm³/mol. The van der Waals surface area contributed by atoms with Gasteiger partial charge in [0.2, 0.25) is 0 Å². The normalized spacial score (nSPS) is 24.7. The molecule has 3 rings (SSSR count). The first-order valence-electron chi connectivity index (χ1n) is 9.82. The molecule has 3 atom stereocenters. The largest absolute Gasteiger partial charge is 0.496 e. The Kier molecular flexibility index (Phi) is 7.05. The number of ether oxygens (including phenoxy) is 2. The Balaban J connectivity index is 1.48. The van der Waals surface area contributed by atoms with Gasteiger partial charge in [-0.25, -0.2) is 4.79 Å². The van der Waals surface area contributed by atoms with Crippen LogP contribution >= 0.6 is 0 Å². The zero-order valence-electron chi connectivity index (χ0n) is 16.8. The Hall–Kier alpha value is -2.65. The van der Waals surface area contributed by atoms with Gasteiger partial charge >= 0.3 is 6.03 Å². The summed E-state index contributed by atoms with van der Waals surface area (Å²) in [6, 6.07) is 6.17. The van der Waals surface area contributed by atoms with E-state index in [1.54, 1.807) is 32.4 Å². The highest BCUT2D eigenvalue weighted by Gasteiger charge is 2.32. The minimum Gasteiger partial charge on any atom is -0.496 e. The number of likely N-dealkylation sites (tertiary alicyclic amines) is 1. The van der Waals surface area contributed by atoms with Crippen molar-refractivity contribution >= 4 is 17.8 Å². The Morgan fingerprint density at radius 3 is 2.76 bits per heavy atom. The van der Waals surface area contributed by atoms with E-state index in [9.17, 15) is 14.4 Å². The van der Waals surface area contributed by atoms with E-state index in [0.29, 0.717) is 24.3 Å². The molecule has 0 bridgehead atoms. The van der Waals surface area contributed by atoms with Gasteiger partial charge in [0.25, 0.3) is 11.8 Å². The number of hydrogen-bond acceptors (Lipinski definition) is 6. The topological polar surface area (TPSA) is 109 Å². The van der Waals surface area contributed by atoms with Crippen molar-refractivity contribution in [2.75, 3.05) is 33.9 Å². The van der Waals surface area contributed by atoms with Crippen molar-refractivity contribution in [1.82, 2.24) is 20.9 Å². The number of hydrogen-bond donors (Lipinski definition) is 3. The molecule has 3 unspecified atom stereocenters. The lowest BCUT2D eigenvalue weighted by atomic mass is 10.00. The molecular weight excluding hydrogens is 376 g/mol. The average Bonchev–Trinajstić information content (AvgIpc) is 3.05. The maximum Gasteiger partial charge on any atom is 0.322 e. The van der Waals surface area contributed by atoms with Crippen molar-refractivity contribution in [2.45, 2.75) is 37.5 Å². The summed E-state index contributed by atoms with van der Waals surface area (Å²) < 4.78 is 10.9. The lowest BCUT2D eigenvalue weighted by molar-refractivity contribution is -0.120. The molecule has 9 nitrogen and oxygen atoms in total. The van der Waals surface area contributed by atoms with E-state index in [1.807, 2.05) is 6.07 Å². The molecule has 9 heteroatoms. The minimum atomic E-state index is -0.446. The number of imide groups is 1. The van der Waals surface area contributed by atoms with Crippen LogP contribution in [0.1, 0.15) is 29.6 Å². The standard InChI is InChI=1S/C20H28N4O5/c1-28-16-8-4-3-6-13(16)18(25)21-14-9-11-24(12-17(14)29-2)10-5-7-15-19(26)23-20(27)22-15/h3-4,6,8,14-15,17H,5,7,9-12H2,1-2H3,(H,21,25)(H2,22,23,26,27). The van der Waals surface area contributed by atoms with E-state index in [2.05, 4.69) is 20.9 Å². The first-order chi connectivity index (χ1) is 14.0. The molecule has 2 aliphatic heterocycles. The van der Waals surface area contributed by atoms with E-state index >= 15 is 0 Å². The molecule has 0 aromatic heterocycles. The van der Waals surface area contributed by atoms with Gasteiger partial charge < -0.3 is 25.0 Å². The summed E-state index contributed by atoms with van der Waals surface area (Å²) in [6.07, 6.45) is 2.02. The number of benzene rings is 1. The summed E-state index contributed by atoms with van der Waals surface area (Å²) in [5.41, 5.74) is 0.504. The van der Waals surface area contributed by atoms with Crippen molar-refractivity contribution in [3.05, 3.63) is 29.8 Å². The molecule has 0 spiro atoms. The van der Waals surface area contributed by atoms with E-state index in [1.165, 1.54) is 0 Å². The predicted octanol–water partition coefficient (Wildman–Crippen LogP) is 0.503. The molecule has 2 heterocycles. The Labute approximate surface area is 170 Å². The molecular formula is C20H28N4O5. The van der Waals surface area contributed by atoms with Crippen molar-refractivity contribution in [2.24, 2.45) is 0 Å². The van der Waals surface area contributed by atoms with E-state index < -0.39 is 12.1 Å². The molecule has 2 aliphatic rings. The number of para-hydroxylation sites is 1. The quantitative estimate of drug-likeness (QED) is 0.545. The molecule has 2 saturated heterocycles. The van der Waals surface area contributed by atoms with Gasteiger partial charge in [-0.2, -0.15) is 0 Å². The van der Waals surface area contributed by atoms with Gasteiger partial charge in [0.15, 0.2) is 0 Å². The molecule has 0 aliphatic carbocycles. The molecule has 1 aromatic rings. The van der Waals surface area contributed by atoms with E-state index in [4.69, 9.17) is 9.47 Å². The van der Waals surface area contributed by atoms with Gasteiger partial charge in [0, 0.05) is 20.2 Å². The molecule has 1 aromatic carbocycles. The number of amides is 4. The summed E-state index contributed by atoms with van der Waals surface area (Å²) in [5.74, 6) is 0.105. The number of carbonyl (C=O) groups is 3. The maximum atomic E-state index is 12.7. The van der Waals surface area contributed by atoms with E-state index in [-0.39, 0.29) is 24.0 Å². The smallest absolute Gasteiger partial charge is 0.322 e. The molecule has 158 valence electrons. The van der Waals surface area contributed by atoms with E-state index in [0.717, 1.165) is 25.9 Å². The van der Waals surface area contributed by atoms with Crippen LogP contribution in [0.25, 0.3) is 0 Å². The first-order valence-corrected chi connectivity index (χ1v) is 9.82. The Morgan fingerprint density at radius 1 is 1.28 bits per heavy atom. The van der Waals surface area contributed by atoms with Crippen LogP contribution in [0.4, 0.5) is 4.79 Å². The van der Waals surface area contributed by atoms with Crippen LogP contribution in [0.15, 0.2) is 24.3 Å². The number of methoxy groups -OCH3 is 2. The van der Waals surface area contributed by atoms with Gasteiger partial charge in [0.1, 0.15) is 11.8 Å². The van der Waals surface area contributed by atoms with Crippen molar-refractivity contribution in [3.8, 4) is 5.75 Å². The molecule has 3 N–H and O–H groups in total. The van der Waals surface area contributed by atoms with Crippen LogP contribution in [0.3, 0.4) is 0 Å². The molecule has 0 radical (unpaired) electrons.